The van der Waals surface area contributed by atoms with Crippen LogP contribution in [0.3, 0.4) is 0 Å². The average Bonchev–Trinajstić information content (AvgIpc) is 2.53. The van der Waals surface area contributed by atoms with E-state index < -0.39 is 18.5 Å². The number of Topliss-reactive ketones (excluding diaryl/α,β-unsaturated/α-hetero) is 1. The summed E-state index contributed by atoms with van der Waals surface area (Å²) >= 11 is 0. The normalized spacial score (nSPS) is 9.96. The van der Waals surface area contributed by atoms with Crippen molar-refractivity contribution in [3.8, 4) is 5.75 Å². The van der Waals surface area contributed by atoms with Crippen molar-refractivity contribution in [3.05, 3.63) is 59.7 Å². The summed E-state index contributed by atoms with van der Waals surface area (Å²) in [6.45, 7) is 0.955. The first-order valence-corrected chi connectivity index (χ1v) is 6.83. The minimum atomic E-state index is -0.714. The van der Waals surface area contributed by atoms with E-state index in [2.05, 4.69) is 5.32 Å². The van der Waals surface area contributed by atoms with Gasteiger partial charge in [0, 0.05) is 11.3 Å². The lowest BCUT2D eigenvalue weighted by Gasteiger charge is -2.07. The molecule has 118 valence electrons. The number of hydrogen-bond donors (Lipinski definition) is 2. The first-order chi connectivity index (χ1) is 11.0. The molecule has 0 fully saturated rings. The zero-order valence-corrected chi connectivity index (χ0v) is 12.4. The van der Waals surface area contributed by atoms with Crippen molar-refractivity contribution in [2.24, 2.45) is 0 Å². The number of amides is 1. The fourth-order valence-electron chi connectivity index (χ4n) is 1.86. The fraction of sp³-hybridized carbons (Fsp3) is 0.118. The summed E-state index contributed by atoms with van der Waals surface area (Å²) in [5, 5.41) is 11.8. The number of rotatable bonds is 5. The molecular weight excluding hydrogens is 298 g/mol. The second-order valence-electron chi connectivity index (χ2n) is 4.81. The van der Waals surface area contributed by atoms with Crippen molar-refractivity contribution >= 4 is 23.3 Å². The van der Waals surface area contributed by atoms with Crippen molar-refractivity contribution in [1.29, 1.82) is 0 Å². The summed E-state index contributed by atoms with van der Waals surface area (Å²) in [4.78, 5) is 34.8. The Morgan fingerprint density at radius 1 is 1.04 bits per heavy atom. The molecule has 0 aliphatic carbocycles. The first-order valence-electron chi connectivity index (χ1n) is 6.83. The van der Waals surface area contributed by atoms with E-state index in [0.717, 1.165) is 0 Å². The highest BCUT2D eigenvalue weighted by Crippen LogP contribution is 2.13. The molecule has 0 bridgehead atoms. The molecule has 0 heterocycles. The predicted molar refractivity (Wildman–Crippen MR) is 83.5 cm³/mol. The molecule has 1 amide bonds. The molecular formula is C17H15NO5. The Balaban J connectivity index is 1.91. The molecule has 0 radical (unpaired) electrons. The van der Waals surface area contributed by atoms with Crippen LogP contribution in [0, 0.1) is 0 Å². The van der Waals surface area contributed by atoms with Gasteiger partial charge in [-0.15, -0.1) is 0 Å². The Morgan fingerprint density at radius 2 is 1.74 bits per heavy atom. The quantitative estimate of drug-likeness (QED) is 0.653. The van der Waals surface area contributed by atoms with Crippen molar-refractivity contribution in [2.75, 3.05) is 11.9 Å². The van der Waals surface area contributed by atoms with Crippen molar-refractivity contribution in [3.63, 3.8) is 0 Å². The number of ketones is 1. The van der Waals surface area contributed by atoms with Gasteiger partial charge in [0.1, 0.15) is 5.75 Å². The Morgan fingerprint density at radius 3 is 2.43 bits per heavy atom. The van der Waals surface area contributed by atoms with Gasteiger partial charge < -0.3 is 15.2 Å². The van der Waals surface area contributed by atoms with Crippen LogP contribution >= 0.6 is 0 Å². The maximum absolute atomic E-state index is 11.8. The lowest BCUT2D eigenvalue weighted by molar-refractivity contribution is -0.119. The van der Waals surface area contributed by atoms with Crippen LogP contribution in [0.4, 0.5) is 5.69 Å². The second kappa shape index (κ2) is 7.22. The molecule has 0 unspecified atom stereocenters. The van der Waals surface area contributed by atoms with Gasteiger partial charge in [0.2, 0.25) is 0 Å². The van der Waals surface area contributed by atoms with Crippen LogP contribution in [0.1, 0.15) is 27.6 Å². The largest absolute Gasteiger partial charge is 0.508 e. The van der Waals surface area contributed by atoms with Crippen LogP contribution in [0.2, 0.25) is 0 Å². The third-order valence-electron chi connectivity index (χ3n) is 2.97. The molecule has 0 aliphatic heterocycles. The lowest BCUT2D eigenvalue weighted by Crippen LogP contribution is -2.21. The van der Waals surface area contributed by atoms with Crippen LogP contribution in [-0.2, 0) is 9.53 Å². The van der Waals surface area contributed by atoms with Gasteiger partial charge in [0.25, 0.3) is 5.91 Å². The predicted octanol–water partition coefficient (Wildman–Crippen LogP) is 2.39. The highest BCUT2D eigenvalue weighted by atomic mass is 16.5. The number of carbonyl (C=O) groups is 3. The fourth-order valence-corrected chi connectivity index (χ4v) is 1.86. The van der Waals surface area contributed by atoms with E-state index in [-0.39, 0.29) is 17.1 Å². The van der Waals surface area contributed by atoms with Gasteiger partial charge in [0.05, 0.1) is 5.56 Å². The summed E-state index contributed by atoms with van der Waals surface area (Å²) in [6, 6.07) is 12.1. The number of phenolic OH excluding ortho intramolecular Hbond substituents is 1. The summed E-state index contributed by atoms with van der Waals surface area (Å²) in [7, 11) is 0. The van der Waals surface area contributed by atoms with Crippen LogP contribution in [-0.4, -0.2) is 29.4 Å². The third-order valence-corrected chi connectivity index (χ3v) is 2.97. The highest BCUT2D eigenvalue weighted by Gasteiger charge is 2.11. The maximum atomic E-state index is 11.8. The van der Waals surface area contributed by atoms with E-state index in [0.29, 0.717) is 11.3 Å². The molecule has 6 nitrogen and oxygen atoms in total. The summed E-state index contributed by atoms with van der Waals surface area (Å²) in [5.41, 5.74) is 1.06. The average molecular weight is 313 g/mol. The van der Waals surface area contributed by atoms with Gasteiger partial charge in [-0.2, -0.15) is 0 Å². The van der Waals surface area contributed by atoms with Crippen LogP contribution in [0.5, 0.6) is 5.75 Å². The topological polar surface area (TPSA) is 92.7 Å². The van der Waals surface area contributed by atoms with Crippen LogP contribution in [0.25, 0.3) is 0 Å². The summed E-state index contributed by atoms with van der Waals surface area (Å²) in [6.07, 6.45) is 0. The number of ether oxygens (including phenoxy) is 1. The number of nitrogens with one attached hydrogen (secondary N) is 1. The number of hydrogen-bond acceptors (Lipinski definition) is 5. The molecule has 2 aromatic carbocycles. The number of aromatic hydroxyl groups is 1. The molecule has 0 saturated heterocycles. The Kier molecular flexibility index (Phi) is 5.09. The van der Waals surface area contributed by atoms with Gasteiger partial charge >= 0.3 is 5.97 Å². The molecule has 0 spiro atoms. The van der Waals surface area contributed by atoms with E-state index in [1.165, 1.54) is 37.3 Å². The number of carbonyl (C=O) groups excluding carboxylic acids is 3. The molecule has 6 heteroatoms. The number of esters is 1. The van der Waals surface area contributed by atoms with E-state index in [4.69, 9.17) is 4.74 Å². The smallest absolute Gasteiger partial charge is 0.338 e. The number of anilines is 1. The van der Waals surface area contributed by atoms with Crippen molar-refractivity contribution in [2.45, 2.75) is 6.92 Å². The lowest BCUT2D eigenvalue weighted by atomic mass is 10.1. The minimum Gasteiger partial charge on any atom is -0.508 e. The van der Waals surface area contributed by atoms with E-state index >= 15 is 0 Å². The Hall–Kier alpha value is -3.15. The minimum absolute atomic E-state index is 0.0649. The molecule has 0 aliphatic rings. The molecule has 0 saturated carbocycles. The SMILES string of the molecule is CC(=O)c1cccc(NC(=O)COC(=O)c2cccc(O)c2)c1. The second-order valence-corrected chi connectivity index (χ2v) is 4.81. The molecule has 2 aromatic rings. The van der Waals surface area contributed by atoms with Gasteiger partial charge in [-0.05, 0) is 37.3 Å². The number of phenols is 1. The van der Waals surface area contributed by atoms with Crippen molar-refractivity contribution < 1.29 is 24.2 Å². The maximum Gasteiger partial charge on any atom is 0.338 e. The zero-order valence-electron chi connectivity index (χ0n) is 12.4. The number of benzene rings is 2. The molecule has 0 atom stereocenters. The molecule has 2 N–H and O–H groups in total. The summed E-state index contributed by atoms with van der Waals surface area (Å²) in [5.74, 6) is -1.42. The highest BCUT2D eigenvalue weighted by molar-refractivity contribution is 5.98. The third kappa shape index (κ3) is 4.67. The van der Waals surface area contributed by atoms with Crippen molar-refractivity contribution in [1.82, 2.24) is 0 Å². The zero-order chi connectivity index (χ0) is 16.8. The van der Waals surface area contributed by atoms with Crippen LogP contribution in [0.15, 0.2) is 48.5 Å². The summed E-state index contributed by atoms with van der Waals surface area (Å²) < 4.78 is 4.87. The Bertz CT molecular complexity index is 754. The van der Waals surface area contributed by atoms with Gasteiger partial charge in [-0.3, -0.25) is 9.59 Å². The van der Waals surface area contributed by atoms with Gasteiger partial charge in [-0.25, -0.2) is 4.79 Å². The van der Waals surface area contributed by atoms with Gasteiger partial charge in [-0.1, -0.05) is 18.2 Å². The van der Waals surface area contributed by atoms with Crippen LogP contribution < -0.4 is 5.32 Å². The molecule has 0 aromatic heterocycles. The van der Waals surface area contributed by atoms with E-state index in [1.807, 2.05) is 0 Å². The van der Waals surface area contributed by atoms with E-state index in [9.17, 15) is 19.5 Å². The monoisotopic (exact) mass is 313 g/mol. The molecule has 23 heavy (non-hydrogen) atoms. The Labute approximate surface area is 132 Å². The first kappa shape index (κ1) is 16.2. The van der Waals surface area contributed by atoms with E-state index in [1.54, 1.807) is 18.2 Å². The standard InChI is InChI=1S/C17H15NO5/c1-11(19)12-4-2-6-14(8-12)18-16(21)10-23-17(22)13-5-3-7-15(20)9-13/h2-9,20H,10H2,1H3,(H,18,21). The van der Waals surface area contributed by atoms with Gasteiger partial charge in [0.15, 0.2) is 12.4 Å². The molecule has 2 rings (SSSR count).